The number of nitrogens with zero attached hydrogens (tertiary/aromatic N) is 1. The third-order valence-electron chi connectivity index (χ3n) is 2.92. The molecule has 0 bridgehead atoms. The first-order valence-corrected chi connectivity index (χ1v) is 5.85. The van der Waals surface area contributed by atoms with Crippen LogP contribution in [0.4, 0.5) is 0 Å². The highest BCUT2D eigenvalue weighted by Crippen LogP contribution is 2.18. The van der Waals surface area contributed by atoms with Gasteiger partial charge in [-0.05, 0) is 38.9 Å². The lowest BCUT2D eigenvalue weighted by atomic mass is 9.88. The van der Waals surface area contributed by atoms with Crippen molar-refractivity contribution in [3.63, 3.8) is 0 Å². The van der Waals surface area contributed by atoms with Gasteiger partial charge in [-0.3, -0.25) is 0 Å². The Balaban J connectivity index is 4.15. The van der Waals surface area contributed by atoms with Crippen molar-refractivity contribution in [1.82, 2.24) is 4.90 Å². The van der Waals surface area contributed by atoms with E-state index in [9.17, 15) is 0 Å². The van der Waals surface area contributed by atoms with E-state index in [0.29, 0.717) is 0 Å². The Kier molecular flexibility index (Phi) is 7.35. The van der Waals surface area contributed by atoms with E-state index < -0.39 is 0 Å². The molecule has 0 rings (SSSR count). The minimum Gasteiger partial charge on any atom is -0.324 e. The summed E-state index contributed by atoms with van der Waals surface area (Å²) in [5.41, 5.74) is 6.16. The molecule has 0 heterocycles. The molecule has 0 atom stereocenters. The van der Waals surface area contributed by atoms with Crippen molar-refractivity contribution < 1.29 is 0 Å². The van der Waals surface area contributed by atoms with Crippen LogP contribution in [0.1, 0.15) is 33.1 Å². The molecule has 0 saturated carbocycles. The molecule has 0 aromatic carbocycles. The van der Waals surface area contributed by atoms with Gasteiger partial charge in [-0.1, -0.05) is 26.0 Å². The van der Waals surface area contributed by atoms with E-state index in [2.05, 4.69) is 31.9 Å². The molecule has 2 nitrogen and oxygen atoms in total. The van der Waals surface area contributed by atoms with Crippen molar-refractivity contribution in [2.24, 2.45) is 5.73 Å². The lowest BCUT2D eigenvalue weighted by molar-refractivity contribution is 0.258. The van der Waals surface area contributed by atoms with Crippen LogP contribution in [0.25, 0.3) is 0 Å². The largest absolute Gasteiger partial charge is 0.324 e. The lowest BCUT2D eigenvalue weighted by Gasteiger charge is -2.30. The molecule has 0 aliphatic carbocycles. The summed E-state index contributed by atoms with van der Waals surface area (Å²) in [5.74, 6) is 0. The molecular weight excluding hydrogens is 184 g/mol. The summed E-state index contributed by atoms with van der Waals surface area (Å²) in [6.45, 7) is 15.1. The fourth-order valence-corrected chi connectivity index (χ4v) is 1.78. The zero-order chi connectivity index (χ0) is 11.7. The molecule has 0 unspecified atom stereocenters. The molecule has 0 aliphatic heterocycles. The predicted octanol–water partition coefficient (Wildman–Crippen LogP) is 2.57. The number of hydrogen-bond donors (Lipinski definition) is 1. The predicted molar refractivity (Wildman–Crippen MR) is 69.0 cm³/mol. The Hall–Kier alpha value is -0.600. The first-order chi connectivity index (χ1) is 7.11. The van der Waals surface area contributed by atoms with Crippen molar-refractivity contribution in [1.29, 1.82) is 0 Å². The average Bonchev–Trinajstić information content (AvgIpc) is 2.20. The van der Waals surface area contributed by atoms with Gasteiger partial charge < -0.3 is 10.6 Å². The van der Waals surface area contributed by atoms with Gasteiger partial charge in [0.15, 0.2) is 0 Å². The van der Waals surface area contributed by atoms with Crippen LogP contribution in [0.15, 0.2) is 25.3 Å². The van der Waals surface area contributed by atoms with E-state index in [0.717, 1.165) is 38.9 Å². The van der Waals surface area contributed by atoms with Crippen molar-refractivity contribution in [3.05, 3.63) is 25.3 Å². The third kappa shape index (κ3) is 5.75. The van der Waals surface area contributed by atoms with Crippen LogP contribution >= 0.6 is 0 Å². The average molecular weight is 210 g/mol. The van der Waals surface area contributed by atoms with Gasteiger partial charge in [0.1, 0.15) is 0 Å². The molecule has 0 aromatic rings. The van der Waals surface area contributed by atoms with Gasteiger partial charge in [-0.2, -0.15) is 0 Å². The smallest absolute Gasteiger partial charge is 0.0236 e. The van der Waals surface area contributed by atoms with Gasteiger partial charge in [0.2, 0.25) is 0 Å². The quantitative estimate of drug-likeness (QED) is 0.593. The third-order valence-corrected chi connectivity index (χ3v) is 2.92. The van der Waals surface area contributed by atoms with E-state index in [1.807, 2.05) is 12.2 Å². The molecular formula is C13H26N2. The molecule has 15 heavy (non-hydrogen) atoms. The zero-order valence-electron chi connectivity index (χ0n) is 10.3. The summed E-state index contributed by atoms with van der Waals surface area (Å²) in [7, 11) is 0. The topological polar surface area (TPSA) is 29.3 Å². The van der Waals surface area contributed by atoms with Crippen molar-refractivity contribution >= 4 is 0 Å². The standard InChI is InChI=1S/C13H26N2/c1-5-9-13(14,10-6-2)11-12-15(7-3)8-4/h5-6H,1-2,7-12,14H2,3-4H3. The SMILES string of the molecule is C=CCC(N)(CC=C)CCN(CC)CC. The summed E-state index contributed by atoms with van der Waals surface area (Å²) >= 11 is 0. The van der Waals surface area contributed by atoms with Crippen LogP contribution in [-0.4, -0.2) is 30.1 Å². The first kappa shape index (κ1) is 14.4. The second-order valence-corrected chi connectivity index (χ2v) is 4.12. The van der Waals surface area contributed by atoms with Crippen LogP contribution in [0.2, 0.25) is 0 Å². The van der Waals surface area contributed by atoms with E-state index in [1.165, 1.54) is 0 Å². The van der Waals surface area contributed by atoms with E-state index in [1.54, 1.807) is 0 Å². The molecule has 0 amide bonds. The summed E-state index contributed by atoms with van der Waals surface area (Å²) in [6.07, 6.45) is 6.55. The Bertz CT molecular complexity index is 173. The van der Waals surface area contributed by atoms with Gasteiger partial charge in [0.05, 0.1) is 0 Å². The fourth-order valence-electron chi connectivity index (χ4n) is 1.78. The Morgan fingerprint density at radius 1 is 1.13 bits per heavy atom. The maximum Gasteiger partial charge on any atom is 0.0236 e. The minimum absolute atomic E-state index is 0.147. The molecule has 2 heteroatoms. The molecule has 88 valence electrons. The summed E-state index contributed by atoms with van der Waals surface area (Å²) < 4.78 is 0. The molecule has 0 spiro atoms. The molecule has 2 N–H and O–H groups in total. The normalized spacial score (nSPS) is 11.7. The molecule has 0 saturated heterocycles. The summed E-state index contributed by atoms with van der Waals surface area (Å²) in [6, 6.07) is 0. The summed E-state index contributed by atoms with van der Waals surface area (Å²) in [4.78, 5) is 2.40. The van der Waals surface area contributed by atoms with Crippen LogP contribution in [0.3, 0.4) is 0 Å². The highest BCUT2D eigenvalue weighted by atomic mass is 15.1. The molecule has 0 fully saturated rings. The van der Waals surface area contributed by atoms with Gasteiger partial charge in [-0.15, -0.1) is 13.2 Å². The second kappa shape index (κ2) is 7.66. The first-order valence-electron chi connectivity index (χ1n) is 5.85. The number of hydrogen-bond acceptors (Lipinski definition) is 2. The van der Waals surface area contributed by atoms with E-state index >= 15 is 0 Å². The maximum atomic E-state index is 6.31. The molecule has 0 aromatic heterocycles. The second-order valence-electron chi connectivity index (χ2n) is 4.12. The number of rotatable bonds is 9. The van der Waals surface area contributed by atoms with Gasteiger partial charge >= 0.3 is 0 Å². The van der Waals surface area contributed by atoms with Crippen molar-refractivity contribution in [2.45, 2.75) is 38.6 Å². The Morgan fingerprint density at radius 2 is 1.60 bits per heavy atom. The Morgan fingerprint density at radius 3 is 1.93 bits per heavy atom. The Labute approximate surface area is 94.8 Å². The van der Waals surface area contributed by atoms with Gasteiger partial charge in [0, 0.05) is 5.54 Å². The van der Waals surface area contributed by atoms with E-state index in [4.69, 9.17) is 5.73 Å². The van der Waals surface area contributed by atoms with Crippen LogP contribution in [-0.2, 0) is 0 Å². The molecule has 0 aliphatic rings. The van der Waals surface area contributed by atoms with Crippen LogP contribution in [0.5, 0.6) is 0 Å². The highest BCUT2D eigenvalue weighted by molar-refractivity contribution is 4.96. The molecule has 0 radical (unpaired) electrons. The van der Waals surface area contributed by atoms with Crippen LogP contribution in [0, 0.1) is 0 Å². The number of nitrogens with two attached hydrogens (primary N) is 1. The van der Waals surface area contributed by atoms with E-state index in [-0.39, 0.29) is 5.54 Å². The fraction of sp³-hybridized carbons (Fsp3) is 0.692. The van der Waals surface area contributed by atoms with Gasteiger partial charge in [-0.25, -0.2) is 0 Å². The van der Waals surface area contributed by atoms with Crippen molar-refractivity contribution in [2.75, 3.05) is 19.6 Å². The minimum atomic E-state index is -0.147. The van der Waals surface area contributed by atoms with Gasteiger partial charge in [0.25, 0.3) is 0 Å². The zero-order valence-corrected chi connectivity index (χ0v) is 10.3. The summed E-state index contributed by atoms with van der Waals surface area (Å²) in [5, 5.41) is 0. The lowest BCUT2D eigenvalue weighted by Crippen LogP contribution is -2.42. The monoisotopic (exact) mass is 210 g/mol. The highest BCUT2D eigenvalue weighted by Gasteiger charge is 2.21. The van der Waals surface area contributed by atoms with Crippen molar-refractivity contribution in [3.8, 4) is 0 Å². The van der Waals surface area contributed by atoms with Crippen LogP contribution < -0.4 is 5.73 Å². The maximum absolute atomic E-state index is 6.31.